The fraction of sp³-hybridized carbons (Fsp3) is 0.200. The number of hydrogen-bond acceptors (Lipinski definition) is 1. The fourth-order valence-corrected chi connectivity index (χ4v) is 1.82. The topological polar surface area (TPSA) is 12.0 Å². The zero-order chi connectivity index (χ0) is 13.0. The number of anilines is 1. The second-order valence-corrected chi connectivity index (χ2v) is 4.29. The average molecular weight is 247 g/mol. The van der Waals surface area contributed by atoms with Gasteiger partial charge < -0.3 is 5.32 Å². The molecule has 1 unspecified atom stereocenters. The van der Waals surface area contributed by atoms with Crippen LogP contribution in [-0.4, -0.2) is 6.54 Å². The molecule has 1 nitrogen and oxygen atoms in total. The van der Waals surface area contributed by atoms with Gasteiger partial charge in [-0.2, -0.15) is 0 Å². The van der Waals surface area contributed by atoms with E-state index >= 15 is 0 Å². The minimum atomic E-state index is -0.560. The van der Waals surface area contributed by atoms with Crippen molar-refractivity contribution in [2.75, 3.05) is 11.9 Å². The molecule has 0 aliphatic rings. The van der Waals surface area contributed by atoms with Crippen molar-refractivity contribution >= 4 is 5.69 Å². The molecule has 1 atom stereocenters. The second kappa shape index (κ2) is 5.63. The molecular formula is C15H15F2N. The molecule has 2 aromatic carbocycles. The van der Waals surface area contributed by atoms with Crippen LogP contribution in [0.4, 0.5) is 14.5 Å². The van der Waals surface area contributed by atoms with Gasteiger partial charge in [0.05, 0.1) is 0 Å². The molecule has 0 bridgehead atoms. The molecule has 0 aliphatic heterocycles. The number of nitrogens with one attached hydrogen (secondary N) is 1. The maximum absolute atomic E-state index is 13.4. The first-order chi connectivity index (χ1) is 8.68. The summed E-state index contributed by atoms with van der Waals surface area (Å²) in [5.41, 5.74) is 1.09. The first kappa shape index (κ1) is 12.6. The van der Waals surface area contributed by atoms with E-state index in [-0.39, 0.29) is 11.6 Å². The molecule has 0 radical (unpaired) electrons. The van der Waals surface area contributed by atoms with E-state index in [0.717, 1.165) is 5.56 Å². The smallest absolute Gasteiger partial charge is 0.149 e. The first-order valence-electron chi connectivity index (χ1n) is 5.91. The summed E-state index contributed by atoms with van der Waals surface area (Å²) in [5, 5.41) is 2.83. The Bertz CT molecular complexity index is 491. The normalized spacial score (nSPS) is 12.2. The van der Waals surface area contributed by atoms with Crippen LogP contribution in [0.1, 0.15) is 18.4 Å². The monoisotopic (exact) mass is 247 g/mol. The zero-order valence-corrected chi connectivity index (χ0v) is 10.2. The van der Waals surface area contributed by atoms with Crippen molar-refractivity contribution in [1.29, 1.82) is 0 Å². The van der Waals surface area contributed by atoms with Gasteiger partial charge in [-0.3, -0.25) is 0 Å². The van der Waals surface area contributed by atoms with Crippen LogP contribution in [0.25, 0.3) is 0 Å². The van der Waals surface area contributed by atoms with Gasteiger partial charge in [0.15, 0.2) is 0 Å². The number of para-hydroxylation sites is 1. The van der Waals surface area contributed by atoms with E-state index in [1.54, 1.807) is 0 Å². The van der Waals surface area contributed by atoms with Crippen LogP contribution in [0.3, 0.4) is 0 Å². The first-order valence-corrected chi connectivity index (χ1v) is 5.91. The Morgan fingerprint density at radius 1 is 0.944 bits per heavy atom. The molecule has 0 fully saturated rings. The Balaban J connectivity index is 2.04. The van der Waals surface area contributed by atoms with Crippen molar-refractivity contribution in [2.24, 2.45) is 0 Å². The van der Waals surface area contributed by atoms with Crippen LogP contribution in [0.5, 0.6) is 0 Å². The number of rotatable bonds is 4. The Labute approximate surface area is 105 Å². The molecule has 0 amide bonds. The Morgan fingerprint density at radius 2 is 1.56 bits per heavy atom. The molecule has 0 heterocycles. The van der Waals surface area contributed by atoms with Crippen molar-refractivity contribution < 1.29 is 8.78 Å². The molecule has 94 valence electrons. The lowest BCUT2D eigenvalue weighted by molar-refractivity contribution is 0.586. The molecule has 3 heteroatoms. The summed E-state index contributed by atoms with van der Waals surface area (Å²) in [6, 6.07) is 13.7. The van der Waals surface area contributed by atoms with Crippen LogP contribution in [-0.2, 0) is 0 Å². The summed E-state index contributed by atoms with van der Waals surface area (Å²) in [4.78, 5) is 0. The second-order valence-electron chi connectivity index (χ2n) is 4.29. The third-order valence-electron chi connectivity index (χ3n) is 2.92. The maximum Gasteiger partial charge on any atom is 0.149 e. The summed E-state index contributed by atoms with van der Waals surface area (Å²) in [7, 11) is 0. The predicted octanol–water partition coefficient (Wildman–Crippen LogP) is 4.18. The van der Waals surface area contributed by atoms with E-state index < -0.39 is 11.6 Å². The maximum atomic E-state index is 13.4. The average Bonchev–Trinajstić information content (AvgIpc) is 2.39. The molecule has 18 heavy (non-hydrogen) atoms. The van der Waals surface area contributed by atoms with Crippen molar-refractivity contribution in [3.63, 3.8) is 0 Å². The van der Waals surface area contributed by atoms with Crippen LogP contribution < -0.4 is 5.32 Å². The van der Waals surface area contributed by atoms with E-state index in [0.29, 0.717) is 6.54 Å². The minimum absolute atomic E-state index is 0.0553. The van der Waals surface area contributed by atoms with Gasteiger partial charge in [0.1, 0.15) is 17.3 Å². The molecule has 0 saturated heterocycles. The Kier molecular flexibility index (Phi) is 3.92. The van der Waals surface area contributed by atoms with E-state index in [4.69, 9.17) is 0 Å². The summed E-state index contributed by atoms with van der Waals surface area (Å²) < 4.78 is 26.8. The molecule has 0 aliphatic carbocycles. The van der Waals surface area contributed by atoms with E-state index in [9.17, 15) is 8.78 Å². The molecule has 2 rings (SSSR count). The van der Waals surface area contributed by atoms with E-state index in [1.807, 2.05) is 37.3 Å². The molecule has 1 N–H and O–H groups in total. The zero-order valence-electron chi connectivity index (χ0n) is 10.2. The number of hydrogen-bond donors (Lipinski definition) is 1. The third kappa shape index (κ3) is 2.86. The van der Waals surface area contributed by atoms with Crippen LogP contribution in [0, 0.1) is 11.6 Å². The summed E-state index contributed by atoms with van der Waals surface area (Å²) >= 11 is 0. The largest absolute Gasteiger partial charge is 0.380 e. The van der Waals surface area contributed by atoms with Crippen LogP contribution >= 0.6 is 0 Å². The highest BCUT2D eigenvalue weighted by atomic mass is 19.1. The standard InChI is InChI=1S/C15H15F2N/c1-11(12-6-3-2-4-7-12)10-18-15-13(16)8-5-9-14(15)17/h2-9,11,18H,10H2,1H3. The highest BCUT2D eigenvalue weighted by molar-refractivity contribution is 5.46. The van der Waals surface area contributed by atoms with Gasteiger partial charge in [-0.15, -0.1) is 0 Å². The quantitative estimate of drug-likeness (QED) is 0.854. The van der Waals surface area contributed by atoms with Gasteiger partial charge in [0.25, 0.3) is 0 Å². The molecule has 0 spiro atoms. The summed E-state index contributed by atoms with van der Waals surface area (Å²) in [6.07, 6.45) is 0. The van der Waals surface area contributed by atoms with Gasteiger partial charge >= 0.3 is 0 Å². The fourth-order valence-electron chi connectivity index (χ4n) is 1.82. The molecule has 2 aromatic rings. The van der Waals surface area contributed by atoms with Gasteiger partial charge in [-0.25, -0.2) is 8.78 Å². The van der Waals surface area contributed by atoms with Crippen molar-refractivity contribution in [3.8, 4) is 0 Å². The van der Waals surface area contributed by atoms with Gasteiger partial charge in [0.2, 0.25) is 0 Å². The molecule has 0 aromatic heterocycles. The van der Waals surface area contributed by atoms with E-state index in [1.165, 1.54) is 18.2 Å². The third-order valence-corrected chi connectivity index (χ3v) is 2.92. The minimum Gasteiger partial charge on any atom is -0.380 e. The van der Waals surface area contributed by atoms with Crippen molar-refractivity contribution in [3.05, 3.63) is 65.7 Å². The lowest BCUT2D eigenvalue weighted by Gasteiger charge is -2.14. The van der Waals surface area contributed by atoms with Crippen LogP contribution in [0.15, 0.2) is 48.5 Å². The van der Waals surface area contributed by atoms with Crippen molar-refractivity contribution in [1.82, 2.24) is 0 Å². The highest BCUT2D eigenvalue weighted by Crippen LogP contribution is 2.20. The van der Waals surface area contributed by atoms with Gasteiger partial charge in [-0.1, -0.05) is 43.3 Å². The van der Waals surface area contributed by atoms with Gasteiger partial charge in [0, 0.05) is 6.54 Å². The SMILES string of the molecule is CC(CNc1c(F)cccc1F)c1ccccc1. The number of halogens is 2. The van der Waals surface area contributed by atoms with Crippen molar-refractivity contribution in [2.45, 2.75) is 12.8 Å². The highest BCUT2D eigenvalue weighted by Gasteiger charge is 2.10. The summed E-state index contributed by atoms with van der Waals surface area (Å²) in [5.74, 6) is -0.935. The lowest BCUT2D eigenvalue weighted by Crippen LogP contribution is -2.12. The summed E-state index contributed by atoms with van der Waals surface area (Å²) in [6.45, 7) is 2.50. The Hall–Kier alpha value is -1.90. The molecular weight excluding hydrogens is 232 g/mol. The Morgan fingerprint density at radius 3 is 2.17 bits per heavy atom. The van der Waals surface area contributed by atoms with E-state index in [2.05, 4.69) is 5.32 Å². The van der Waals surface area contributed by atoms with Crippen LogP contribution in [0.2, 0.25) is 0 Å². The predicted molar refractivity (Wildman–Crippen MR) is 69.7 cm³/mol. The molecule has 0 saturated carbocycles. The number of benzene rings is 2. The van der Waals surface area contributed by atoms with Gasteiger partial charge in [-0.05, 0) is 23.6 Å². The lowest BCUT2D eigenvalue weighted by atomic mass is 10.0.